The van der Waals surface area contributed by atoms with Crippen LogP contribution in [-0.4, -0.2) is 31.6 Å². The molecule has 0 aliphatic rings. The second-order valence-electron chi connectivity index (χ2n) is 5.45. The highest BCUT2D eigenvalue weighted by Gasteiger charge is 2.12. The van der Waals surface area contributed by atoms with Gasteiger partial charge in [-0.1, -0.05) is 0 Å². The summed E-state index contributed by atoms with van der Waals surface area (Å²) in [4.78, 5) is 2.39. The Labute approximate surface area is 112 Å². The van der Waals surface area contributed by atoms with Crippen LogP contribution in [0.5, 0.6) is 5.75 Å². The molecule has 1 aromatic carbocycles. The van der Waals surface area contributed by atoms with E-state index in [1.165, 1.54) is 22.3 Å². The van der Waals surface area contributed by atoms with Crippen LogP contribution >= 0.6 is 0 Å². The van der Waals surface area contributed by atoms with Crippen LogP contribution in [-0.2, 0) is 6.42 Å². The van der Waals surface area contributed by atoms with Gasteiger partial charge in [0.2, 0.25) is 0 Å². The number of nitrogens with zero attached hydrogens (tertiary/aromatic N) is 1. The molecule has 0 aliphatic heterocycles. The molecular weight excluding hydrogens is 222 g/mol. The number of benzene rings is 1. The Morgan fingerprint density at radius 2 is 1.78 bits per heavy atom. The molecule has 0 saturated heterocycles. The molecule has 102 valence electrons. The number of rotatable bonds is 5. The highest BCUT2D eigenvalue weighted by molar-refractivity contribution is 5.48. The second kappa shape index (κ2) is 6.24. The molecule has 2 heteroatoms. The van der Waals surface area contributed by atoms with Crippen LogP contribution in [0.1, 0.15) is 36.1 Å². The van der Waals surface area contributed by atoms with E-state index >= 15 is 0 Å². The fraction of sp³-hybridized carbons (Fsp3) is 0.625. The van der Waals surface area contributed by atoms with Crippen LogP contribution in [0.15, 0.2) is 6.07 Å². The Morgan fingerprint density at radius 1 is 1.17 bits per heavy atom. The zero-order valence-corrected chi connectivity index (χ0v) is 12.9. The molecule has 0 saturated carbocycles. The second-order valence-corrected chi connectivity index (χ2v) is 5.45. The van der Waals surface area contributed by atoms with Gasteiger partial charge in [0.05, 0.1) is 7.11 Å². The van der Waals surface area contributed by atoms with E-state index in [-0.39, 0.29) is 0 Å². The number of likely N-dealkylation sites (N-methyl/N-ethyl adjacent to an activating group) is 1. The lowest BCUT2D eigenvalue weighted by Gasteiger charge is -2.23. The monoisotopic (exact) mass is 249 g/mol. The Kier molecular flexibility index (Phi) is 5.21. The van der Waals surface area contributed by atoms with Crippen molar-refractivity contribution in [3.63, 3.8) is 0 Å². The first-order valence-corrected chi connectivity index (χ1v) is 6.72. The van der Waals surface area contributed by atoms with E-state index in [0.717, 1.165) is 18.7 Å². The minimum atomic E-state index is 0.602. The zero-order valence-electron chi connectivity index (χ0n) is 12.9. The molecule has 0 atom stereocenters. The summed E-state index contributed by atoms with van der Waals surface area (Å²) < 4.78 is 5.42. The minimum absolute atomic E-state index is 0.602. The summed E-state index contributed by atoms with van der Waals surface area (Å²) >= 11 is 0. The normalized spacial score (nSPS) is 11.4. The van der Waals surface area contributed by atoms with Crippen molar-refractivity contribution in [2.24, 2.45) is 0 Å². The highest BCUT2D eigenvalue weighted by Crippen LogP contribution is 2.27. The van der Waals surface area contributed by atoms with Crippen molar-refractivity contribution in [1.82, 2.24) is 4.90 Å². The van der Waals surface area contributed by atoms with Crippen LogP contribution in [0, 0.1) is 20.8 Å². The number of hydrogen-bond acceptors (Lipinski definition) is 2. The molecule has 0 heterocycles. The van der Waals surface area contributed by atoms with Crippen molar-refractivity contribution in [3.05, 3.63) is 28.3 Å². The molecule has 0 fully saturated rings. The van der Waals surface area contributed by atoms with Gasteiger partial charge in [-0.3, -0.25) is 0 Å². The summed E-state index contributed by atoms with van der Waals surface area (Å²) in [7, 11) is 3.93. The number of aryl methyl sites for hydroxylation is 1. The predicted octanol–water partition coefficient (Wildman–Crippen LogP) is 3.50. The molecule has 0 bridgehead atoms. The minimum Gasteiger partial charge on any atom is -0.496 e. The van der Waals surface area contributed by atoms with Gasteiger partial charge in [-0.2, -0.15) is 0 Å². The Morgan fingerprint density at radius 3 is 2.28 bits per heavy atom. The van der Waals surface area contributed by atoms with Gasteiger partial charge in [0.15, 0.2) is 0 Å². The molecule has 18 heavy (non-hydrogen) atoms. The number of ether oxygens (including phenoxy) is 1. The summed E-state index contributed by atoms with van der Waals surface area (Å²) in [5.41, 5.74) is 5.46. The van der Waals surface area contributed by atoms with E-state index in [9.17, 15) is 0 Å². The molecule has 0 N–H and O–H groups in total. The van der Waals surface area contributed by atoms with Gasteiger partial charge in [0.25, 0.3) is 0 Å². The Balaban J connectivity index is 2.93. The van der Waals surface area contributed by atoms with E-state index in [0.29, 0.717) is 6.04 Å². The molecule has 0 spiro atoms. The van der Waals surface area contributed by atoms with Crippen molar-refractivity contribution in [1.29, 1.82) is 0 Å². The third-order valence-corrected chi connectivity index (χ3v) is 4.02. The molecule has 0 aromatic heterocycles. The van der Waals surface area contributed by atoms with Crippen molar-refractivity contribution in [3.8, 4) is 5.75 Å². The Hall–Kier alpha value is -1.02. The first-order valence-electron chi connectivity index (χ1n) is 6.72. The van der Waals surface area contributed by atoms with Crippen LogP contribution in [0.4, 0.5) is 0 Å². The quantitative estimate of drug-likeness (QED) is 0.792. The predicted molar refractivity (Wildman–Crippen MR) is 78.7 cm³/mol. The lowest BCUT2D eigenvalue weighted by atomic mass is 9.95. The van der Waals surface area contributed by atoms with Gasteiger partial charge in [-0.05, 0) is 76.4 Å². The molecule has 0 unspecified atom stereocenters. The summed E-state index contributed by atoms with van der Waals surface area (Å²) in [5, 5.41) is 0. The van der Waals surface area contributed by atoms with Gasteiger partial charge in [-0.15, -0.1) is 0 Å². The smallest absolute Gasteiger partial charge is 0.122 e. The van der Waals surface area contributed by atoms with Gasteiger partial charge in [0.1, 0.15) is 5.75 Å². The highest BCUT2D eigenvalue weighted by atomic mass is 16.5. The largest absolute Gasteiger partial charge is 0.496 e. The maximum atomic E-state index is 5.42. The molecule has 0 amide bonds. The summed E-state index contributed by atoms with van der Waals surface area (Å²) in [6.45, 7) is 12.1. The lowest BCUT2D eigenvalue weighted by molar-refractivity contribution is 0.277. The van der Waals surface area contributed by atoms with Gasteiger partial charge in [0, 0.05) is 12.6 Å². The zero-order chi connectivity index (χ0) is 13.9. The molecule has 2 nitrogen and oxygen atoms in total. The average molecular weight is 249 g/mol. The molecule has 0 aliphatic carbocycles. The maximum absolute atomic E-state index is 5.42. The lowest BCUT2D eigenvalue weighted by Crippen LogP contribution is -2.28. The maximum Gasteiger partial charge on any atom is 0.122 e. The van der Waals surface area contributed by atoms with E-state index in [1.807, 2.05) is 0 Å². The Bertz CT molecular complexity index is 410. The van der Waals surface area contributed by atoms with Gasteiger partial charge >= 0.3 is 0 Å². The number of hydrogen-bond donors (Lipinski definition) is 0. The van der Waals surface area contributed by atoms with E-state index in [1.54, 1.807) is 7.11 Å². The van der Waals surface area contributed by atoms with Gasteiger partial charge in [-0.25, -0.2) is 0 Å². The molecular formula is C16H27NO. The fourth-order valence-corrected chi connectivity index (χ4v) is 2.24. The fourth-order valence-electron chi connectivity index (χ4n) is 2.24. The van der Waals surface area contributed by atoms with Crippen molar-refractivity contribution in [2.75, 3.05) is 20.7 Å². The summed E-state index contributed by atoms with van der Waals surface area (Å²) in [6.07, 6.45) is 1.11. The van der Waals surface area contributed by atoms with Crippen LogP contribution in [0.2, 0.25) is 0 Å². The third kappa shape index (κ3) is 3.26. The molecule has 0 radical (unpaired) electrons. The van der Waals surface area contributed by atoms with E-state index in [2.05, 4.69) is 52.6 Å². The van der Waals surface area contributed by atoms with Crippen LogP contribution < -0.4 is 4.74 Å². The SMILES string of the molecule is COc1cc(C)c(CCN(C)C(C)C)c(C)c1C. The van der Waals surface area contributed by atoms with Crippen molar-refractivity contribution < 1.29 is 4.74 Å². The standard InChI is InChI=1S/C16H27NO/c1-11(2)17(6)9-8-15-12(3)10-16(18-7)14(5)13(15)4/h10-11H,8-9H2,1-7H3. The molecule has 1 aromatic rings. The van der Waals surface area contributed by atoms with E-state index in [4.69, 9.17) is 4.74 Å². The summed E-state index contributed by atoms with van der Waals surface area (Å²) in [6, 6.07) is 2.76. The summed E-state index contributed by atoms with van der Waals surface area (Å²) in [5.74, 6) is 1.01. The first kappa shape index (κ1) is 15.0. The van der Waals surface area contributed by atoms with Gasteiger partial charge < -0.3 is 9.64 Å². The van der Waals surface area contributed by atoms with Crippen molar-refractivity contribution >= 4 is 0 Å². The van der Waals surface area contributed by atoms with Crippen LogP contribution in [0.3, 0.4) is 0 Å². The van der Waals surface area contributed by atoms with Crippen LogP contribution in [0.25, 0.3) is 0 Å². The van der Waals surface area contributed by atoms with E-state index < -0.39 is 0 Å². The number of methoxy groups -OCH3 is 1. The average Bonchev–Trinajstić information content (AvgIpc) is 2.33. The topological polar surface area (TPSA) is 12.5 Å². The molecule has 1 rings (SSSR count). The third-order valence-electron chi connectivity index (χ3n) is 4.02. The van der Waals surface area contributed by atoms with Crippen molar-refractivity contribution in [2.45, 2.75) is 47.1 Å². The first-order chi connectivity index (χ1) is 8.38.